The number of carbonyl (C=O) groups excluding carboxylic acids is 1. The number of ether oxygens (including phenoxy) is 1. The Bertz CT molecular complexity index is 247. The zero-order valence-corrected chi connectivity index (χ0v) is 9.51. The molecule has 0 bridgehead atoms. The summed E-state index contributed by atoms with van der Waals surface area (Å²) in [5, 5.41) is 6.26. The van der Waals surface area contributed by atoms with E-state index in [1.165, 1.54) is 0 Å². The minimum absolute atomic E-state index is 0.201. The fourth-order valence-electron chi connectivity index (χ4n) is 2.60. The van der Waals surface area contributed by atoms with Crippen LogP contribution in [0, 0.1) is 5.92 Å². The van der Waals surface area contributed by atoms with Gasteiger partial charge in [-0.3, -0.25) is 0 Å². The van der Waals surface area contributed by atoms with Gasteiger partial charge < -0.3 is 15.4 Å². The summed E-state index contributed by atoms with van der Waals surface area (Å²) < 4.78 is 5.51. The first-order valence-electron chi connectivity index (χ1n) is 5.83. The number of amides is 1. The molecule has 2 aliphatic heterocycles. The Morgan fingerprint density at radius 1 is 1.47 bits per heavy atom. The summed E-state index contributed by atoms with van der Waals surface area (Å²) in [6.45, 7) is 6.26. The second-order valence-electron chi connectivity index (χ2n) is 5.03. The molecule has 0 aliphatic carbocycles. The summed E-state index contributed by atoms with van der Waals surface area (Å²) in [5.74, 6) is 0.587. The lowest BCUT2D eigenvalue weighted by Gasteiger charge is -2.36. The average Bonchev–Trinajstić information content (AvgIpc) is 2.43. The summed E-state index contributed by atoms with van der Waals surface area (Å²) in [6, 6.07) is 0.201. The van der Waals surface area contributed by atoms with E-state index in [2.05, 4.69) is 24.5 Å². The van der Waals surface area contributed by atoms with Crippen molar-refractivity contribution in [3.05, 3.63) is 0 Å². The second-order valence-corrected chi connectivity index (χ2v) is 5.03. The van der Waals surface area contributed by atoms with Gasteiger partial charge in [0.05, 0.1) is 6.04 Å². The lowest BCUT2D eigenvalue weighted by atomic mass is 9.82. The van der Waals surface area contributed by atoms with Crippen LogP contribution in [0.4, 0.5) is 4.79 Å². The van der Waals surface area contributed by atoms with Crippen LogP contribution in [-0.4, -0.2) is 30.8 Å². The zero-order chi connectivity index (χ0) is 10.9. The highest BCUT2D eigenvalue weighted by Crippen LogP contribution is 2.34. The lowest BCUT2D eigenvalue weighted by Crippen LogP contribution is -2.51. The van der Waals surface area contributed by atoms with Gasteiger partial charge in [-0.15, -0.1) is 0 Å². The van der Waals surface area contributed by atoms with Gasteiger partial charge in [-0.25, -0.2) is 4.79 Å². The molecule has 2 heterocycles. The normalized spacial score (nSPS) is 29.3. The number of piperidine rings is 1. The maximum absolute atomic E-state index is 11.4. The van der Waals surface area contributed by atoms with Crippen molar-refractivity contribution in [3.8, 4) is 0 Å². The van der Waals surface area contributed by atoms with E-state index in [0.29, 0.717) is 5.92 Å². The fourth-order valence-corrected chi connectivity index (χ4v) is 2.60. The molecule has 86 valence electrons. The van der Waals surface area contributed by atoms with Gasteiger partial charge in [0.15, 0.2) is 0 Å². The summed E-state index contributed by atoms with van der Waals surface area (Å²) in [6.07, 6.45) is 2.64. The van der Waals surface area contributed by atoms with Crippen molar-refractivity contribution in [1.29, 1.82) is 0 Å². The maximum atomic E-state index is 11.4. The molecule has 2 rings (SSSR count). The largest absolute Gasteiger partial charge is 0.441 e. The van der Waals surface area contributed by atoms with Crippen LogP contribution in [0.1, 0.15) is 33.1 Å². The molecule has 2 N–H and O–H groups in total. The van der Waals surface area contributed by atoms with Gasteiger partial charge >= 0.3 is 6.09 Å². The molecule has 0 radical (unpaired) electrons. The highest BCUT2D eigenvalue weighted by molar-refractivity contribution is 5.71. The Balaban J connectivity index is 2.09. The van der Waals surface area contributed by atoms with E-state index in [0.717, 1.165) is 32.4 Å². The van der Waals surface area contributed by atoms with Gasteiger partial charge in [0.2, 0.25) is 0 Å². The highest BCUT2D eigenvalue weighted by atomic mass is 16.6. The Kier molecular flexibility index (Phi) is 2.87. The van der Waals surface area contributed by atoms with Crippen LogP contribution in [0.3, 0.4) is 0 Å². The van der Waals surface area contributed by atoms with Crippen molar-refractivity contribution in [2.75, 3.05) is 13.1 Å². The van der Waals surface area contributed by atoms with Crippen molar-refractivity contribution in [1.82, 2.24) is 10.6 Å². The molecule has 1 unspecified atom stereocenters. The van der Waals surface area contributed by atoms with Crippen LogP contribution in [0.2, 0.25) is 0 Å². The Morgan fingerprint density at radius 2 is 2.13 bits per heavy atom. The molecular formula is C11H20N2O2. The van der Waals surface area contributed by atoms with E-state index in [1.807, 2.05) is 0 Å². The molecule has 2 fully saturated rings. The van der Waals surface area contributed by atoms with E-state index in [4.69, 9.17) is 4.74 Å². The first-order valence-corrected chi connectivity index (χ1v) is 5.83. The maximum Gasteiger partial charge on any atom is 0.408 e. The highest BCUT2D eigenvalue weighted by Gasteiger charge is 2.49. The van der Waals surface area contributed by atoms with Crippen LogP contribution in [0.5, 0.6) is 0 Å². The van der Waals surface area contributed by atoms with Gasteiger partial charge in [0, 0.05) is 12.8 Å². The Morgan fingerprint density at radius 3 is 2.73 bits per heavy atom. The summed E-state index contributed by atoms with van der Waals surface area (Å²) in [5.41, 5.74) is -0.230. The quantitative estimate of drug-likeness (QED) is 0.724. The Labute approximate surface area is 90.8 Å². The van der Waals surface area contributed by atoms with E-state index in [9.17, 15) is 4.79 Å². The van der Waals surface area contributed by atoms with Crippen molar-refractivity contribution in [3.63, 3.8) is 0 Å². The van der Waals surface area contributed by atoms with E-state index in [1.54, 1.807) is 0 Å². The smallest absolute Gasteiger partial charge is 0.408 e. The number of alkyl carbamates (subject to hydrolysis) is 1. The molecule has 0 aromatic carbocycles. The summed E-state index contributed by atoms with van der Waals surface area (Å²) >= 11 is 0. The molecule has 2 saturated heterocycles. The summed E-state index contributed by atoms with van der Waals surface area (Å²) in [4.78, 5) is 11.4. The van der Waals surface area contributed by atoms with Crippen LogP contribution >= 0.6 is 0 Å². The van der Waals surface area contributed by atoms with E-state index >= 15 is 0 Å². The van der Waals surface area contributed by atoms with E-state index in [-0.39, 0.29) is 17.7 Å². The molecule has 15 heavy (non-hydrogen) atoms. The number of carbonyl (C=O) groups is 1. The zero-order valence-electron chi connectivity index (χ0n) is 9.51. The minimum atomic E-state index is -0.234. The van der Waals surface area contributed by atoms with Crippen LogP contribution in [0.25, 0.3) is 0 Å². The SMILES string of the molecule is CC(C)CC1NC(=O)OC12CCNCC2. The third-order valence-corrected chi connectivity index (χ3v) is 3.38. The average molecular weight is 212 g/mol. The second kappa shape index (κ2) is 4.00. The first kappa shape index (κ1) is 10.7. The third kappa shape index (κ3) is 2.09. The topological polar surface area (TPSA) is 50.4 Å². The molecule has 4 heteroatoms. The molecule has 0 saturated carbocycles. The van der Waals surface area contributed by atoms with Gasteiger partial charge in [0.1, 0.15) is 5.60 Å². The number of nitrogens with one attached hydrogen (secondary N) is 2. The molecule has 0 aromatic rings. The third-order valence-electron chi connectivity index (χ3n) is 3.38. The summed E-state index contributed by atoms with van der Waals surface area (Å²) in [7, 11) is 0. The molecule has 2 aliphatic rings. The number of rotatable bonds is 2. The first-order chi connectivity index (χ1) is 7.12. The van der Waals surface area contributed by atoms with Gasteiger partial charge in [-0.05, 0) is 25.4 Å². The number of hydrogen-bond acceptors (Lipinski definition) is 3. The van der Waals surface area contributed by atoms with Crippen LogP contribution in [-0.2, 0) is 4.74 Å². The van der Waals surface area contributed by atoms with Gasteiger partial charge in [-0.2, -0.15) is 0 Å². The predicted molar refractivity (Wildman–Crippen MR) is 57.7 cm³/mol. The van der Waals surface area contributed by atoms with Crippen molar-refractivity contribution in [2.45, 2.75) is 44.8 Å². The van der Waals surface area contributed by atoms with E-state index < -0.39 is 0 Å². The number of hydrogen-bond donors (Lipinski definition) is 2. The fraction of sp³-hybridized carbons (Fsp3) is 0.909. The standard InChI is InChI=1S/C11H20N2O2/c1-8(2)7-9-11(15-10(14)13-9)3-5-12-6-4-11/h8-9,12H,3-7H2,1-2H3,(H,13,14). The predicted octanol–water partition coefficient (Wildman–Crippen LogP) is 1.26. The van der Waals surface area contributed by atoms with Crippen molar-refractivity contribution >= 4 is 6.09 Å². The Hall–Kier alpha value is -0.770. The molecule has 4 nitrogen and oxygen atoms in total. The van der Waals surface area contributed by atoms with Crippen molar-refractivity contribution in [2.24, 2.45) is 5.92 Å². The molecule has 1 atom stereocenters. The molecule has 1 spiro atoms. The van der Waals surface area contributed by atoms with Crippen LogP contribution < -0.4 is 10.6 Å². The van der Waals surface area contributed by atoms with Crippen LogP contribution in [0.15, 0.2) is 0 Å². The molecular weight excluding hydrogens is 192 g/mol. The lowest BCUT2D eigenvalue weighted by molar-refractivity contribution is 0.00617. The van der Waals surface area contributed by atoms with Gasteiger partial charge in [0.25, 0.3) is 0 Å². The molecule has 1 amide bonds. The minimum Gasteiger partial charge on any atom is -0.441 e. The molecule has 0 aromatic heterocycles. The van der Waals surface area contributed by atoms with Crippen molar-refractivity contribution < 1.29 is 9.53 Å². The van der Waals surface area contributed by atoms with Gasteiger partial charge in [-0.1, -0.05) is 13.8 Å². The monoisotopic (exact) mass is 212 g/mol.